The van der Waals surface area contributed by atoms with Crippen LogP contribution in [0.1, 0.15) is 19.3 Å². The summed E-state index contributed by atoms with van der Waals surface area (Å²) in [4.78, 5) is 25.2. The molecule has 5 heteroatoms. The van der Waals surface area contributed by atoms with E-state index in [9.17, 15) is 9.59 Å². The van der Waals surface area contributed by atoms with Crippen LogP contribution in [0.2, 0.25) is 0 Å². The average Bonchev–Trinajstić information content (AvgIpc) is 1.99. The molecule has 0 aromatic carbocycles. The predicted molar refractivity (Wildman–Crippen MR) is 43.5 cm³/mol. The van der Waals surface area contributed by atoms with Gasteiger partial charge in [-0.25, -0.2) is 0 Å². The van der Waals surface area contributed by atoms with Crippen molar-refractivity contribution >= 4 is 17.6 Å². The van der Waals surface area contributed by atoms with Gasteiger partial charge in [-0.3, -0.25) is 9.59 Å². The smallest absolute Gasteiger partial charge is 0.256 e. The maximum absolute atomic E-state index is 10.8. The fourth-order valence-corrected chi connectivity index (χ4v) is 0.948. The van der Waals surface area contributed by atoms with Crippen molar-refractivity contribution in [2.24, 2.45) is 10.7 Å². The van der Waals surface area contributed by atoms with Gasteiger partial charge in [-0.2, -0.15) is 4.99 Å². The van der Waals surface area contributed by atoms with Crippen molar-refractivity contribution in [3.05, 3.63) is 0 Å². The number of nitrogens with zero attached hydrogens (tertiary/aromatic N) is 1. The first-order valence-corrected chi connectivity index (χ1v) is 3.82. The zero-order valence-corrected chi connectivity index (χ0v) is 6.67. The number of amides is 2. The van der Waals surface area contributed by atoms with Crippen LogP contribution in [0.25, 0.3) is 0 Å². The van der Waals surface area contributed by atoms with Crippen molar-refractivity contribution in [1.29, 1.82) is 0 Å². The fourth-order valence-electron chi connectivity index (χ4n) is 0.948. The molecule has 0 aromatic rings. The number of aliphatic imine (C=N–C) groups is 1. The van der Waals surface area contributed by atoms with E-state index in [0.717, 1.165) is 6.42 Å². The first-order valence-electron chi connectivity index (χ1n) is 3.82. The highest BCUT2D eigenvalue weighted by molar-refractivity contribution is 6.13. The van der Waals surface area contributed by atoms with Gasteiger partial charge in [0, 0.05) is 6.42 Å². The SMILES string of the molecule is NCCCC1=NC(=O)CC(=O)N1. The second-order valence-electron chi connectivity index (χ2n) is 2.57. The molecule has 12 heavy (non-hydrogen) atoms. The summed E-state index contributed by atoms with van der Waals surface area (Å²) >= 11 is 0. The molecule has 0 aliphatic carbocycles. The lowest BCUT2D eigenvalue weighted by Crippen LogP contribution is -2.36. The Labute approximate surface area is 70.0 Å². The summed E-state index contributed by atoms with van der Waals surface area (Å²) in [6.45, 7) is 0.531. The molecule has 3 N–H and O–H groups in total. The van der Waals surface area contributed by atoms with E-state index < -0.39 is 0 Å². The molecular weight excluding hydrogens is 158 g/mol. The summed E-state index contributed by atoms with van der Waals surface area (Å²) in [5, 5.41) is 2.52. The number of hydrogen-bond donors (Lipinski definition) is 2. The summed E-state index contributed by atoms with van der Waals surface area (Å²) in [5.41, 5.74) is 5.26. The molecule has 1 aliphatic rings. The molecule has 0 saturated carbocycles. The van der Waals surface area contributed by atoms with Gasteiger partial charge in [0.2, 0.25) is 5.91 Å². The quantitative estimate of drug-likeness (QED) is 0.541. The van der Waals surface area contributed by atoms with Crippen LogP contribution in [0.5, 0.6) is 0 Å². The van der Waals surface area contributed by atoms with Gasteiger partial charge < -0.3 is 11.1 Å². The standard InChI is InChI=1S/C7H11N3O2/c8-3-1-2-5-9-6(11)4-7(12)10-5/h1-4,8H2,(H,9,10,11,12). The Morgan fingerprint density at radius 2 is 2.25 bits per heavy atom. The lowest BCUT2D eigenvalue weighted by Gasteiger charge is -2.11. The molecule has 0 spiro atoms. The second-order valence-corrected chi connectivity index (χ2v) is 2.57. The highest BCUT2D eigenvalue weighted by atomic mass is 16.2. The number of amidine groups is 1. The summed E-state index contributed by atoms with van der Waals surface area (Å²) in [7, 11) is 0. The molecule has 0 aromatic heterocycles. The zero-order valence-electron chi connectivity index (χ0n) is 6.67. The minimum atomic E-state index is -0.370. The van der Waals surface area contributed by atoms with Crippen LogP contribution in [-0.4, -0.2) is 24.2 Å². The number of hydrogen-bond acceptors (Lipinski definition) is 3. The Morgan fingerprint density at radius 1 is 1.50 bits per heavy atom. The van der Waals surface area contributed by atoms with Gasteiger partial charge in [-0.1, -0.05) is 0 Å². The van der Waals surface area contributed by atoms with Gasteiger partial charge >= 0.3 is 0 Å². The maximum Gasteiger partial charge on any atom is 0.256 e. The third-order valence-corrected chi connectivity index (χ3v) is 1.47. The van der Waals surface area contributed by atoms with Gasteiger partial charge in [0.05, 0.1) is 0 Å². The van der Waals surface area contributed by atoms with Crippen LogP contribution < -0.4 is 11.1 Å². The normalized spacial score (nSPS) is 17.2. The van der Waals surface area contributed by atoms with E-state index in [-0.39, 0.29) is 18.2 Å². The fraction of sp³-hybridized carbons (Fsp3) is 0.571. The van der Waals surface area contributed by atoms with Crippen molar-refractivity contribution < 1.29 is 9.59 Å². The topological polar surface area (TPSA) is 84.5 Å². The molecule has 1 rings (SSSR count). The van der Waals surface area contributed by atoms with E-state index in [1.54, 1.807) is 0 Å². The first kappa shape index (κ1) is 8.86. The summed E-state index contributed by atoms with van der Waals surface area (Å²) < 4.78 is 0. The van der Waals surface area contributed by atoms with Crippen molar-refractivity contribution in [3.8, 4) is 0 Å². The third-order valence-electron chi connectivity index (χ3n) is 1.47. The van der Waals surface area contributed by atoms with E-state index in [2.05, 4.69) is 10.3 Å². The van der Waals surface area contributed by atoms with E-state index in [1.807, 2.05) is 0 Å². The van der Waals surface area contributed by atoms with Crippen molar-refractivity contribution in [2.45, 2.75) is 19.3 Å². The Morgan fingerprint density at radius 3 is 2.83 bits per heavy atom. The highest BCUT2D eigenvalue weighted by Crippen LogP contribution is 1.98. The molecule has 0 bridgehead atoms. The lowest BCUT2D eigenvalue weighted by atomic mass is 10.2. The molecule has 1 heterocycles. The van der Waals surface area contributed by atoms with Gasteiger partial charge in [-0.05, 0) is 13.0 Å². The minimum absolute atomic E-state index is 0.133. The Bertz CT molecular complexity index is 235. The Hall–Kier alpha value is -1.23. The first-order chi connectivity index (χ1) is 5.72. The zero-order chi connectivity index (χ0) is 8.97. The molecular formula is C7H11N3O2. The number of rotatable bonds is 3. The molecule has 1 aliphatic heterocycles. The number of carbonyl (C=O) groups excluding carboxylic acids is 2. The molecule has 0 unspecified atom stereocenters. The largest absolute Gasteiger partial charge is 0.330 e. The van der Waals surface area contributed by atoms with Crippen molar-refractivity contribution in [1.82, 2.24) is 5.32 Å². The second kappa shape index (κ2) is 3.96. The molecule has 5 nitrogen and oxygen atoms in total. The summed E-state index contributed by atoms with van der Waals surface area (Å²) in [5.74, 6) is -0.200. The van der Waals surface area contributed by atoms with Gasteiger partial charge in [-0.15, -0.1) is 0 Å². The monoisotopic (exact) mass is 169 g/mol. The van der Waals surface area contributed by atoms with Crippen molar-refractivity contribution in [2.75, 3.05) is 6.54 Å². The van der Waals surface area contributed by atoms with Crippen LogP contribution >= 0.6 is 0 Å². The third kappa shape index (κ3) is 2.43. The molecule has 2 amide bonds. The van der Waals surface area contributed by atoms with Crippen LogP contribution in [0.3, 0.4) is 0 Å². The number of nitrogens with two attached hydrogens (primary N) is 1. The van der Waals surface area contributed by atoms with Crippen LogP contribution in [0.4, 0.5) is 0 Å². The number of carbonyl (C=O) groups is 2. The highest BCUT2D eigenvalue weighted by Gasteiger charge is 2.17. The van der Waals surface area contributed by atoms with Crippen LogP contribution in [0.15, 0.2) is 4.99 Å². The molecule has 0 atom stereocenters. The predicted octanol–water partition coefficient (Wildman–Crippen LogP) is -0.830. The van der Waals surface area contributed by atoms with E-state index >= 15 is 0 Å². The Kier molecular flexibility index (Phi) is 2.93. The van der Waals surface area contributed by atoms with Crippen molar-refractivity contribution in [3.63, 3.8) is 0 Å². The molecule has 0 saturated heterocycles. The van der Waals surface area contributed by atoms with E-state index in [4.69, 9.17) is 5.73 Å². The lowest BCUT2D eigenvalue weighted by molar-refractivity contribution is -0.127. The number of nitrogens with one attached hydrogen (secondary N) is 1. The molecule has 0 fully saturated rings. The van der Waals surface area contributed by atoms with Gasteiger partial charge in [0.15, 0.2) is 0 Å². The van der Waals surface area contributed by atoms with E-state index in [1.165, 1.54) is 0 Å². The minimum Gasteiger partial charge on any atom is -0.330 e. The maximum atomic E-state index is 10.8. The van der Waals surface area contributed by atoms with E-state index in [0.29, 0.717) is 18.8 Å². The molecule has 66 valence electrons. The van der Waals surface area contributed by atoms with Gasteiger partial charge in [0.25, 0.3) is 5.91 Å². The summed E-state index contributed by atoms with van der Waals surface area (Å²) in [6.07, 6.45) is 1.16. The Balaban J connectivity index is 2.52. The van der Waals surface area contributed by atoms with Gasteiger partial charge in [0.1, 0.15) is 12.3 Å². The van der Waals surface area contributed by atoms with Crippen LogP contribution in [0, 0.1) is 0 Å². The summed E-state index contributed by atoms with van der Waals surface area (Å²) in [6, 6.07) is 0. The van der Waals surface area contributed by atoms with Crippen LogP contribution in [-0.2, 0) is 9.59 Å². The average molecular weight is 169 g/mol. The molecule has 0 radical (unpaired) electrons.